The van der Waals surface area contributed by atoms with Gasteiger partial charge < -0.3 is 4.74 Å². The molecular weight excluding hydrogens is 521 g/mol. The van der Waals surface area contributed by atoms with E-state index in [9.17, 15) is 12.8 Å². The zero-order valence-corrected chi connectivity index (χ0v) is 23.0. The SMILES string of the molecule is CC(C)c1cc2ccccc2c2c1C=CC(c1ccc(NS(=O)(=O)c3ccccc3)cc1)(c1cccc(F)c1)O2. The highest BCUT2D eigenvalue weighted by molar-refractivity contribution is 7.92. The van der Waals surface area contributed by atoms with Gasteiger partial charge in [0.1, 0.15) is 11.6 Å². The Hall–Kier alpha value is -4.42. The molecule has 0 aromatic heterocycles. The minimum Gasteiger partial charge on any atom is -0.472 e. The highest BCUT2D eigenvalue weighted by atomic mass is 32.2. The van der Waals surface area contributed by atoms with Crippen LogP contribution in [0.15, 0.2) is 120 Å². The van der Waals surface area contributed by atoms with Crippen molar-refractivity contribution >= 4 is 32.6 Å². The molecule has 6 rings (SSSR count). The van der Waals surface area contributed by atoms with Gasteiger partial charge in [0.25, 0.3) is 10.0 Å². The Morgan fingerprint density at radius 2 is 1.52 bits per heavy atom. The van der Waals surface area contributed by atoms with Gasteiger partial charge in [0, 0.05) is 27.8 Å². The van der Waals surface area contributed by atoms with Crippen molar-refractivity contribution in [2.45, 2.75) is 30.3 Å². The fraction of sp³-hybridized carbons (Fsp3) is 0.118. The molecule has 0 radical (unpaired) electrons. The Labute approximate surface area is 233 Å². The van der Waals surface area contributed by atoms with Crippen LogP contribution in [0.5, 0.6) is 5.75 Å². The van der Waals surface area contributed by atoms with Crippen LogP contribution in [0, 0.1) is 5.82 Å². The van der Waals surface area contributed by atoms with Gasteiger partial charge >= 0.3 is 0 Å². The molecule has 4 nitrogen and oxygen atoms in total. The largest absolute Gasteiger partial charge is 0.472 e. The summed E-state index contributed by atoms with van der Waals surface area (Å²) in [6, 6.07) is 32.0. The van der Waals surface area contributed by atoms with Gasteiger partial charge in [-0.15, -0.1) is 0 Å². The standard InChI is InChI=1S/C34H28FNO3S/c1-23(2)32-21-24-9-6-7-14-30(24)33-31(32)19-20-34(39-33,26-10-8-11-27(35)22-26)25-15-17-28(18-16-25)36-40(37,38)29-12-4-3-5-13-29/h3-23,36H,1-2H3. The second-order valence-electron chi connectivity index (χ2n) is 10.3. The maximum atomic E-state index is 14.6. The molecule has 1 N–H and O–H groups in total. The highest BCUT2D eigenvalue weighted by Gasteiger charge is 2.38. The Morgan fingerprint density at radius 1 is 0.800 bits per heavy atom. The van der Waals surface area contributed by atoms with Gasteiger partial charge in [-0.25, -0.2) is 12.8 Å². The van der Waals surface area contributed by atoms with Crippen LogP contribution in [0.2, 0.25) is 0 Å². The molecule has 200 valence electrons. The molecule has 5 aromatic carbocycles. The van der Waals surface area contributed by atoms with Gasteiger partial charge in [0.2, 0.25) is 0 Å². The second-order valence-corrected chi connectivity index (χ2v) is 11.9. The molecule has 6 heteroatoms. The van der Waals surface area contributed by atoms with Gasteiger partial charge in [-0.3, -0.25) is 4.72 Å². The van der Waals surface area contributed by atoms with Crippen molar-refractivity contribution in [1.29, 1.82) is 0 Å². The Morgan fingerprint density at radius 3 is 2.25 bits per heavy atom. The van der Waals surface area contributed by atoms with Crippen molar-refractivity contribution in [3.63, 3.8) is 0 Å². The van der Waals surface area contributed by atoms with Gasteiger partial charge in [0.15, 0.2) is 5.60 Å². The van der Waals surface area contributed by atoms with Crippen molar-refractivity contribution < 1.29 is 17.5 Å². The number of rotatable bonds is 6. The van der Waals surface area contributed by atoms with E-state index in [-0.39, 0.29) is 16.6 Å². The number of ether oxygens (including phenoxy) is 1. The third kappa shape index (κ3) is 4.54. The van der Waals surface area contributed by atoms with Gasteiger partial charge in [-0.1, -0.05) is 92.7 Å². The number of fused-ring (bicyclic) bond motifs is 3. The van der Waals surface area contributed by atoms with Crippen LogP contribution in [0.1, 0.15) is 42.0 Å². The predicted molar refractivity (Wildman–Crippen MR) is 159 cm³/mol. The summed E-state index contributed by atoms with van der Waals surface area (Å²) >= 11 is 0. The average Bonchev–Trinajstić information content (AvgIpc) is 2.97. The van der Waals surface area contributed by atoms with E-state index in [1.807, 2.05) is 42.5 Å². The molecule has 1 atom stereocenters. The zero-order valence-electron chi connectivity index (χ0n) is 22.1. The van der Waals surface area contributed by atoms with Crippen LogP contribution in [0.4, 0.5) is 10.1 Å². The first-order valence-electron chi connectivity index (χ1n) is 13.2. The van der Waals surface area contributed by atoms with E-state index in [4.69, 9.17) is 4.74 Å². The molecule has 0 amide bonds. The molecule has 1 unspecified atom stereocenters. The van der Waals surface area contributed by atoms with Gasteiger partial charge in [-0.2, -0.15) is 0 Å². The lowest BCUT2D eigenvalue weighted by molar-refractivity contribution is 0.163. The predicted octanol–water partition coefficient (Wildman–Crippen LogP) is 8.25. The fourth-order valence-corrected chi connectivity index (χ4v) is 6.38. The quantitative estimate of drug-likeness (QED) is 0.232. The summed E-state index contributed by atoms with van der Waals surface area (Å²) in [5, 5.41) is 2.04. The van der Waals surface area contributed by atoms with Gasteiger partial charge in [-0.05, 0) is 59.3 Å². The van der Waals surface area contributed by atoms with E-state index >= 15 is 0 Å². The summed E-state index contributed by atoms with van der Waals surface area (Å²) in [4.78, 5) is 0.179. The Kier molecular flexibility index (Phi) is 6.43. The van der Waals surface area contributed by atoms with E-state index in [1.54, 1.807) is 48.5 Å². The van der Waals surface area contributed by atoms with E-state index in [2.05, 4.69) is 36.8 Å². The molecule has 0 fully saturated rings. The van der Waals surface area contributed by atoms with Crippen LogP contribution in [-0.4, -0.2) is 8.42 Å². The molecule has 5 aromatic rings. The van der Waals surface area contributed by atoms with Crippen LogP contribution < -0.4 is 9.46 Å². The summed E-state index contributed by atoms with van der Waals surface area (Å²) in [7, 11) is -3.75. The van der Waals surface area contributed by atoms with Crippen LogP contribution in [0.25, 0.3) is 16.8 Å². The van der Waals surface area contributed by atoms with Crippen LogP contribution in [-0.2, 0) is 15.6 Å². The summed E-state index contributed by atoms with van der Waals surface area (Å²) < 4.78 is 49.9. The maximum Gasteiger partial charge on any atom is 0.261 e. The van der Waals surface area contributed by atoms with Crippen molar-refractivity contribution in [3.05, 3.63) is 143 Å². The molecule has 1 aliphatic heterocycles. The Bertz CT molecular complexity index is 1850. The van der Waals surface area contributed by atoms with Crippen LogP contribution >= 0.6 is 0 Å². The van der Waals surface area contributed by atoms with E-state index in [0.29, 0.717) is 11.3 Å². The summed E-state index contributed by atoms with van der Waals surface area (Å²) in [5.74, 6) is 0.639. The second kappa shape index (κ2) is 9.96. The zero-order chi connectivity index (χ0) is 27.9. The maximum absolute atomic E-state index is 14.6. The first kappa shape index (κ1) is 25.8. The number of nitrogens with one attached hydrogen (secondary N) is 1. The normalized spacial score (nSPS) is 16.5. The lowest BCUT2D eigenvalue weighted by atomic mass is 9.81. The molecule has 0 aliphatic carbocycles. The summed E-state index contributed by atoms with van der Waals surface area (Å²) in [6.45, 7) is 4.31. The molecular formula is C34H28FNO3S. The van der Waals surface area contributed by atoms with Crippen molar-refractivity contribution in [3.8, 4) is 5.75 Å². The average molecular weight is 550 g/mol. The van der Waals surface area contributed by atoms with Crippen molar-refractivity contribution in [1.82, 2.24) is 0 Å². The molecule has 40 heavy (non-hydrogen) atoms. The van der Waals surface area contributed by atoms with Crippen LogP contribution in [0.3, 0.4) is 0 Å². The molecule has 0 bridgehead atoms. The topological polar surface area (TPSA) is 55.4 Å². The van der Waals surface area contributed by atoms with Gasteiger partial charge in [0.05, 0.1) is 4.90 Å². The molecule has 1 heterocycles. The minimum atomic E-state index is -3.75. The summed E-state index contributed by atoms with van der Waals surface area (Å²) in [6.07, 6.45) is 4.03. The first-order chi connectivity index (χ1) is 19.3. The fourth-order valence-electron chi connectivity index (χ4n) is 5.30. The lowest BCUT2D eigenvalue weighted by Gasteiger charge is -2.37. The number of hydrogen-bond acceptors (Lipinski definition) is 3. The Balaban J connectivity index is 1.48. The van der Waals surface area contributed by atoms with Crippen molar-refractivity contribution in [2.24, 2.45) is 0 Å². The molecule has 0 saturated carbocycles. The van der Waals surface area contributed by atoms with Crippen molar-refractivity contribution in [2.75, 3.05) is 4.72 Å². The monoisotopic (exact) mass is 549 g/mol. The van der Waals surface area contributed by atoms with E-state index in [0.717, 1.165) is 27.6 Å². The molecule has 1 aliphatic rings. The third-order valence-electron chi connectivity index (χ3n) is 7.31. The van der Waals surface area contributed by atoms with E-state index < -0.39 is 15.6 Å². The highest BCUT2D eigenvalue weighted by Crippen LogP contribution is 2.47. The lowest BCUT2D eigenvalue weighted by Crippen LogP contribution is -2.34. The third-order valence-corrected chi connectivity index (χ3v) is 8.71. The smallest absolute Gasteiger partial charge is 0.261 e. The summed E-state index contributed by atoms with van der Waals surface area (Å²) in [5.41, 5.74) is 2.82. The molecule has 0 spiro atoms. The number of benzene rings is 5. The minimum absolute atomic E-state index is 0.179. The number of hydrogen-bond donors (Lipinski definition) is 1. The number of sulfonamides is 1. The number of halogens is 1. The number of anilines is 1. The molecule has 0 saturated heterocycles. The first-order valence-corrected chi connectivity index (χ1v) is 14.6. The van der Waals surface area contributed by atoms with E-state index in [1.165, 1.54) is 17.7 Å².